The molecule has 0 atom stereocenters. The van der Waals surface area contributed by atoms with Crippen molar-refractivity contribution in [1.82, 2.24) is 0 Å². The zero-order valence-corrected chi connectivity index (χ0v) is 17.1. The van der Waals surface area contributed by atoms with Crippen molar-refractivity contribution in [3.8, 4) is 0 Å². The molecule has 0 aromatic rings. The van der Waals surface area contributed by atoms with Gasteiger partial charge in [-0.15, -0.1) is 0 Å². The molecule has 0 rings (SSSR count). The lowest BCUT2D eigenvalue weighted by atomic mass is 9.60. The van der Waals surface area contributed by atoms with Gasteiger partial charge in [-0.05, 0) is 31.1 Å². The molecule has 134 valence electrons. The van der Waals surface area contributed by atoms with E-state index in [0.717, 1.165) is 0 Å². The van der Waals surface area contributed by atoms with Crippen molar-refractivity contribution in [2.45, 2.75) is 125 Å². The molecule has 0 bridgehead atoms. The number of hydrogen-bond acceptors (Lipinski definition) is 1. The van der Waals surface area contributed by atoms with Crippen molar-refractivity contribution in [2.75, 3.05) is 0 Å². The first kappa shape index (κ1) is 22.0. The van der Waals surface area contributed by atoms with Crippen LogP contribution in [0.4, 0.5) is 0 Å². The zero-order chi connectivity index (χ0) is 17.4. The molecule has 1 nitrogen and oxygen atoms in total. The lowest BCUT2D eigenvalue weighted by molar-refractivity contribution is -0.206. The molecule has 0 spiro atoms. The first-order valence-electron chi connectivity index (χ1n) is 9.66. The van der Waals surface area contributed by atoms with Crippen molar-refractivity contribution < 1.29 is 4.74 Å². The molecule has 0 aliphatic heterocycles. The molecule has 0 aliphatic carbocycles. The second kappa shape index (κ2) is 9.30. The van der Waals surface area contributed by atoms with Crippen LogP contribution < -0.4 is 0 Å². The summed E-state index contributed by atoms with van der Waals surface area (Å²) in [6, 6.07) is 0. The zero-order valence-electron chi connectivity index (χ0n) is 17.1. The first-order valence-corrected chi connectivity index (χ1v) is 9.66. The van der Waals surface area contributed by atoms with Gasteiger partial charge in [0.05, 0.1) is 11.7 Å². The highest BCUT2D eigenvalue weighted by molar-refractivity contribution is 5.01. The van der Waals surface area contributed by atoms with Crippen LogP contribution in [0, 0.1) is 10.8 Å². The molecule has 0 fully saturated rings. The van der Waals surface area contributed by atoms with E-state index in [1.165, 1.54) is 51.4 Å². The van der Waals surface area contributed by atoms with Crippen LogP contribution in [0.15, 0.2) is 0 Å². The van der Waals surface area contributed by atoms with E-state index in [4.69, 9.17) is 4.74 Å². The van der Waals surface area contributed by atoms with Gasteiger partial charge in [-0.25, -0.2) is 0 Å². The Hall–Kier alpha value is -0.0400. The third-order valence-electron chi connectivity index (χ3n) is 4.99. The van der Waals surface area contributed by atoms with Gasteiger partial charge in [-0.1, -0.05) is 93.4 Å². The average Bonchev–Trinajstić information content (AvgIpc) is 2.32. The van der Waals surface area contributed by atoms with Crippen molar-refractivity contribution >= 4 is 0 Å². The van der Waals surface area contributed by atoms with E-state index in [1.807, 2.05) is 0 Å². The van der Waals surface area contributed by atoms with Gasteiger partial charge in [-0.2, -0.15) is 0 Å². The highest BCUT2D eigenvalue weighted by Gasteiger charge is 2.51. The standard InChI is InChI=1S/C21H44O/c1-10-11-12-13-14-15-16-17-21(19(4,5)6,20(7,8)9)22-18(2)3/h18H,10-17H2,1-9H3. The number of hydrogen-bond donors (Lipinski definition) is 0. The lowest BCUT2D eigenvalue weighted by Crippen LogP contribution is -2.56. The van der Waals surface area contributed by atoms with E-state index in [-0.39, 0.29) is 22.5 Å². The summed E-state index contributed by atoms with van der Waals surface area (Å²) >= 11 is 0. The Kier molecular flexibility index (Phi) is 9.29. The molecule has 0 amide bonds. The lowest BCUT2D eigenvalue weighted by Gasteiger charge is -2.54. The third kappa shape index (κ3) is 6.60. The fourth-order valence-electron chi connectivity index (χ4n) is 4.02. The van der Waals surface area contributed by atoms with Crippen LogP contribution in [-0.2, 0) is 4.74 Å². The fraction of sp³-hybridized carbons (Fsp3) is 1.00. The summed E-state index contributed by atoms with van der Waals surface area (Å²) in [4.78, 5) is 0. The first-order chi connectivity index (χ1) is 9.98. The largest absolute Gasteiger partial charge is 0.371 e. The van der Waals surface area contributed by atoms with E-state index in [1.54, 1.807) is 0 Å². The van der Waals surface area contributed by atoms with Crippen molar-refractivity contribution in [3.63, 3.8) is 0 Å². The van der Waals surface area contributed by atoms with Crippen molar-refractivity contribution in [3.05, 3.63) is 0 Å². The van der Waals surface area contributed by atoms with Crippen LogP contribution in [0.2, 0.25) is 0 Å². The SMILES string of the molecule is CCCCCCCCCC(OC(C)C)(C(C)(C)C)C(C)(C)C. The number of rotatable bonds is 10. The van der Waals surface area contributed by atoms with Gasteiger partial charge in [0.25, 0.3) is 0 Å². The molecule has 0 heterocycles. The Morgan fingerprint density at radius 1 is 0.682 bits per heavy atom. The molecular weight excluding hydrogens is 268 g/mol. The van der Waals surface area contributed by atoms with Crippen LogP contribution in [-0.4, -0.2) is 11.7 Å². The van der Waals surface area contributed by atoms with E-state index in [2.05, 4.69) is 62.3 Å². The Balaban J connectivity index is 4.74. The molecule has 0 unspecified atom stereocenters. The second-order valence-electron chi connectivity index (χ2n) is 9.36. The molecule has 0 aromatic carbocycles. The van der Waals surface area contributed by atoms with Crippen LogP contribution >= 0.6 is 0 Å². The Morgan fingerprint density at radius 2 is 1.09 bits per heavy atom. The minimum Gasteiger partial charge on any atom is -0.371 e. The Bertz CT molecular complexity index is 263. The summed E-state index contributed by atoms with van der Waals surface area (Å²) in [5.74, 6) is 0. The second-order valence-corrected chi connectivity index (χ2v) is 9.36. The predicted octanol–water partition coefficient (Wildman–Crippen LogP) is 7.38. The molecule has 0 N–H and O–H groups in total. The minimum atomic E-state index is -0.0580. The smallest absolute Gasteiger partial charge is 0.0781 e. The van der Waals surface area contributed by atoms with Gasteiger partial charge >= 0.3 is 0 Å². The maximum absolute atomic E-state index is 6.61. The van der Waals surface area contributed by atoms with Gasteiger partial charge in [0.2, 0.25) is 0 Å². The fourth-order valence-corrected chi connectivity index (χ4v) is 4.02. The maximum Gasteiger partial charge on any atom is 0.0781 e. The van der Waals surface area contributed by atoms with Crippen molar-refractivity contribution in [1.29, 1.82) is 0 Å². The average molecular weight is 313 g/mol. The minimum absolute atomic E-state index is 0.0580. The molecular formula is C21H44O. The molecule has 0 saturated carbocycles. The highest BCUT2D eigenvalue weighted by Crippen LogP contribution is 2.50. The highest BCUT2D eigenvalue weighted by atomic mass is 16.5. The summed E-state index contributed by atoms with van der Waals surface area (Å²) in [6.45, 7) is 20.7. The number of ether oxygens (including phenoxy) is 1. The predicted molar refractivity (Wildman–Crippen MR) is 100 cm³/mol. The van der Waals surface area contributed by atoms with E-state index < -0.39 is 0 Å². The maximum atomic E-state index is 6.61. The molecule has 1 heteroatoms. The molecule has 22 heavy (non-hydrogen) atoms. The van der Waals surface area contributed by atoms with Gasteiger partial charge in [-0.3, -0.25) is 0 Å². The van der Waals surface area contributed by atoms with Crippen LogP contribution in [0.3, 0.4) is 0 Å². The monoisotopic (exact) mass is 312 g/mol. The summed E-state index contributed by atoms with van der Waals surface area (Å²) in [7, 11) is 0. The summed E-state index contributed by atoms with van der Waals surface area (Å²) in [6.07, 6.45) is 11.0. The topological polar surface area (TPSA) is 9.23 Å². The van der Waals surface area contributed by atoms with Gasteiger partial charge in [0.1, 0.15) is 0 Å². The van der Waals surface area contributed by atoms with Gasteiger partial charge in [0.15, 0.2) is 0 Å². The molecule has 0 aromatic heterocycles. The van der Waals surface area contributed by atoms with Crippen molar-refractivity contribution in [2.24, 2.45) is 10.8 Å². The quantitative estimate of drug-likeness (QED) is 0.382. The molecule has 0 saturated heterocycles. The van der Waals surface area contributed by atoms with E-state index in [9.17, 15) is 0 Å². The van der Waals surface area contributed by atoms with Crippen LogP contribution in [0.25, 0.3) is 0 Å². The third-order valence-corrected chi connectivity index (χ3v) is 4.99. The summed E-state index contributed by atoms with van der Waals surface area (Å²) in [5, 5.41) is 0. The van der Waals surface area contributed by atoms with Gasteiger partial charge in [0, 0.05) is 0 Å². The van der Waals surface area contributed by atoms with Crippen LogP contribution in [0.5, 0.6) is 0 Å². The molecule has 0 radical (unpaired) electrons. The van der Waals surface area contributed by atoms with E-state index >= 15 is 0 Å². The normalized spacial score (nSPS) is 13.9. The van der Waals surface area contributed by atoms with Crippen LogP contribution in [0.1, 0.15) is 114 Å². The Morgan fingerprint density at radius 3 is 1.45 bits per heavy atom. The summed E-state index contributed by atoms with van der Waals surface area (Å²) in [5.41, 5.74) is 0.243. The Labute approximate surface area is 141 Å². The summed E-state index contributed by atoms with van der Waals surface area (Å²) < 4.78 is 6.61. The number of unbranched alkanes of at least 4 members (excludes halogenated alkanes) is 6. The van der Waals surface area contributed by atoms with E-state index in [0.29, 0.717) is 0 Å². The molecule has 0 aliphatic rings. The van der Waals surface area contributed by atoms with Gasteiger partial charge < -0.3 is 4.74 Å².